The quantitative estimate of drug-likeness (QED) is 0.619. The van der Waals surface area contributed by atoms with Gasteiger partial charge in [-0.2, -0.15) is 0 Å². The van der Waals surface area contributed by atoms with Crippen LogP contribution in [0.3, 0.4) is 0 Å². The van der Waals surface area contributed by atoms with E-state index in [2.05, 4.69) is 59.6 Å². The standard InChI is InChI=1S/C16H17N/c1-2-3-6-11-17-13-14-9-10-15-7-4-5-8-16(15)12-14/h4-5,7-10,12,17H,6,11,13H2,1H3. The van der Waals surface area contributed by atoms with Crippen molar-refractivity contribution in [3.63, 3.8) is 0 Å². The summed E-state index contributed by atoms with van der Waals surface area (Å²) in [4.78, 5) is 0. The van der Waals surface area contributed by atoms with Crippen LogP contribution in [-0.4, -0.2) is 6.54 Å². The van der Waals surface area contributed by atoms with Gasteiger partial charge in [-0.1, -0.05) is 36.4 Å². The van der Waals surface area contributed by atoms with Crippen LogP contribution in [0.5, 0.6) is 0 Å². The van der Waals surface area contributed by atoms with Gasteiger partial charge in [0.05, 0.1) is 0 Å². The SMILES string of the molecule is CC#CCCNCc1ccc2ccccc2c1. The molecule has 2 aromatic carbocycles. The second-order valence-electron chi connectivity index (χ2n) is 4.04. The number of hydrogen-bond acceptors (Lipinski definition) is 1. The molecule has 0 aliphatic carbocycles. The molecule has 0 spiro atoms. The molecule has 1 heteroatoms. The summed E-state index contributed by atoms with van der Waals surface area (Å²) in [6.45, 7) is 3.74. The van der Waals surface area contributed by atoms with Gasteiger partial charge >= 0.3 is 0 Å². The molecule has 0 fully saturated rings. The molecule has 0 aromatic heterocycles. The van der Waals surface area contributed by atoms with E-state index >= 15 is 0 Å². The second-order valence-corrected chi connectivity index (χ2v) is 4.04. The summed E-state index contributed by atoms with van der Waals surface area (Å²) >= 11 is 0. The van der Waals surface area contributed by atoms with Crippen molar-refractivity contribution in [2.45, 2.75) is 19.9 Å². The van der Waals surface area contributed by atoms with Crippen molar-refractivity contribution in [1.29, 1.82) is 0 Å². The van der Waals surface area contributed by atoms with Crippen molar-refractivity contribution in [2.24, 2.45) is 0 Å². The molecule has 0 saturated heterocycles. The third kappa shape index (κ3) is 3.34. The molecule has 0 bridgehead atoms. The molecule has 17 heavy (non-hydrogen) atoms. The Labute approximate surface area is 103 Å². The third-order valence-electron chi connectivity index (χ3n) is 2.75. The van der Waals surface area contributed by atoms with Crippen LogP contribution in [0.15, 0.2) is 42.5 Å². The predicted octanol–water partition coefficient (Wildman–Crippen LogP) is 3.34. The summed E-state index contributed by atoms with van der Waals surface area (Å²) in [5, 5.41) is 6.00. The summed E-state index contributed by atoms with van der Waals surface area (Å²) in [5.74, 6) is 5.95. The lowest BCUT2D eigenvalue weighted by Gasteiger charge is -2.04. The zero-order valence-corrected chi connectivity index (χ0v) is 10.2. The van der Waals surface area contributed by atoms with Gasteiger partial charge in [0.15, 0.2) is 0 Å². The zero-order chi connectivity index (χ0) is 11.9. The minimum absolute atomic E-state index is 0.913. The maximum atomic E-state index is 3.40. The van der Waals surface area contributed by atoms with Crippen LogP contribution in [0.4, 0.5) is 0 Å². The molecular weight excluding hydrogens is 206 g/mol. The minimum Gasteiger partial charge on any atom is -0.312 e. The first kappa shape index (κ1) is 11.7. The first-order valence-corrected chi connectivity index (χ1v) is 5.98. The second kappa shape index (κ2) is 6.08. The fourth-order valence-electron chi connectivity index (χ4n) is 1.86. The average molecular weight is 223 g/mol. The summed E-state index contributed by atoms with van der Waals surface area (Å²) in [7, 11) is 0. The molecule has 0 heterocycles. The van der Waals surface area contributed by atoms with E-state index in [1.54, 1.807) is 0 Å². The Balaban J connectivity index is 1.96. The first-order valence-electron chi connectivity index (χ1n) is 5.98. The summed E-state index contributed by atoms with van der Waals surface area (Å²) in [6, 6.07) is 15.1. The van der Waals surface area contributed by atoms with Crippen LogP contribution in [0, 0.1) is 11.8 Å². The smallest absolute Gasteiger partial charge is 0.0214 e. The van der Waals surface area contributed by atoms with Crippen LogP contribution in [0.1, 0.15) is 18.9 Å². The van der Waals surface area contributed by atoms with E-state index in [9.17, 15) is 0 Å². The lowest BCUT2D eigenvalue weighted by Crippen LogP contribution is -2.13. The Hall–Kier alpha value is -1.78. The lowest BCUT2D eigenvalue weighted by molar-refractivity contribution is 0.702. The third-order valence-corrected chi connectivity index (χ3v) is 2.75. The first-order chi connectivity index (χ1) is 8.40. The van der Waals surface area contributed by atoms with Gasteiger partial charge in [0.2, 0.25) is 0 Å². The monoisotopic (exact) mass is 223 g/mol. The lowest BCUT2D eigenvalue weighted by atomic mass is 10.1. The van der Waals surface area contributed by atoms with Crippen molar-refractivity contribution in [2.75, 3.05) is 6.54 Å². The Morgan fingerprint density at radius 3 is 2.71 bits per heavy atom. The highest BCUT2D eigenvalue weighted by molar-refractivity contribution is 5.82. The van der Waals surface area contributed by atoms with E-state index in [0.29, 0.717) is 0 Å². The van der Waals surface area contributed by atoms with Crippen molar-refractivity contribution in [1.82, 2.24) is 5.32 Å². The van der Waals surface area contributed by atoms with E-state index in [1.807, 2.05) is 6.92 Å². The number of nitrogens with one attached hydrogen (secondary N) is 1. The van der Waals surface area contributed by atoms with Gasteiger partial charge in [-0.3, -0.25) is 0 Å². The zero-order valence-electron chi connectivity index (χ0n) is 10.2. The fraction of sp³-hybridized carbons (Fsp3) is 0.250. The Morgan fingerprint density at radius 2 is 1.88 bits per heavy atom. The van der Waals surface area contributed by atoms with Crippen LogP contribution in [-0.2, 0) is 6.54 Å². The van der Waals surface area contributed by atoms with Gasteiger partial charge in [0, 0.05) is 19.5 Å². The maximum Gasteiger partial charge on any atom is 0.0214 e. The summed E-state index contributed by atoms with van der Waals surface area (Å²) < 4.78 is 0. The largest absolute Gasteiger partial charge is 0.312 e. The Kier molecular flexibility index (Phi) is 4.18. The molecule has 0 amide bonds. The normalized spacial score (nSPS) is 9.94. The fourth-order valence-corrected chi connectivity index (χ4v) is 1.86. The van der Waals surface area contributed by atoms with Crippen molar-refractivity contribution in [3.8, 4) is 11.8 Å². The van der Waals surface area contributed by atoms with Crippen LogP contribution in [0.2, 0.25) is 0 Å². The molecule has 1 nitrogen and oxygen atoms in total. The molecule has 0 saturated carbocycles. The van der Waals surface area contributed by atoms with E-state index in [-0.39, 0.29) is 0 Å². The van der Waals surface area contributed by atoms with Crippen molar-refractivity contribution < 1.29 is 0 Å². The molecule has 0 aliphatic heterocycles. The Morgan fingerprint density at radius 1 is 1.06 bits per heavy atom. The molecule has 1 N–H and O–H groups in total. The summed E-state index contributed by atoms with van der Waals surface area (Å²) in [5.41, 5.74) is 1.33. The highest BCUT2D eigenvalue weighted by atomic mass is 14.8. The molecule has 86 valence electrons. The number of benzene rings is 2. The molecule has 0 aliphatic rings. The van der Waals surface area contributed by atoms with Gasteiger partial charge in [0.25, 0.3) is 0 Å². The molecular formula is C16H17N. The minimum atomic E-state index is 0.913. The highest BCUT2D eigenvalue weighted by Gasteiger charge is 1.95. The van der Waals surface area contributed by atoms with Gasteiger partial charge < -0.3 is 5.32 Å². The Bertz CT molecular complexity index is 546. The maximum absolute atomic E-state index is 3.40. The van der Waals surface area contributed by atoms with Crippen molar-refractivity contribution >= 4 is 10.8 Å². The average Bonchev–Trinajstić information content (AvgIpc) is 2.38. The molecule has 0 atom stereocenters. The molecule has 2 rings (SSSR count). The van der Waals surface area contributed by atoms with E-state index in [1.165, 1.54) is 16.3 Å². The van der Waals surface area contributed by atoms with Crippen molar-refractivity contribution in [3.05, 3.63) is 48.0 Å². The molecule has 0 radical (unpaired) electrons. The topological polar surface area (TPSA) is 12.0 Å². The summed E-state index contributed by atoms with van der Waals surface area (Å²) in [6.07, 6.45) is 0.921. The van der Waals surface area contributed by atoms with Gasteiger partial charge in [-0.15, -0.1) is 11.8 Å². The van der Waals surface area contributed by atoms with Gasteiger partial charge in [-0.25, -0.2) is 0 Å². The van der Waals surface area contributed by atoms with E-state index in [0.717, 1.165) is 19.5 Å². The number of fused-ring (bicyclic) bond motifs is 1. The molecule has 2 aromatic rings. The van der Waals surface area contributed by atoms with Gasteiger partial charge in [-0.05, 0) is 29.3 Å². The highest BCUT2D eigenvalue weighted by Crippen LogP contribution is 2.15. The van der Waals surface area contributed by atoms with E-state index < -0.39 is 0 Å². The van der Waals surface area contributed by atoms with Crippen LogP contribution >= 0.6 is 0 Å². The number of hydrogen-bond donors (Lipinski definition) is 1. The van der Waals surface area contributed by atoms with Crippen LogP contribution in [0.25, 0.3) is 10.8 Å². The van der Waals surface area contributed by atoms with Crippen LogP contribution < -0.4 is 5.32 Å². The number of rotatable bonds is 4. The molecule has 0 unspecified atom stereocenters. The van der Waals surface area contributed by atoms with Gasteiger partial charge in [0.1, 0.15) is 0 Å². The predicted molar refractivity (Wildman–Crippen MR) is 73.7 cm³/mol. The van der Waals surface area contributed by atoms with E-state index in [4.69, 9.17) is 0 Å².